The third-order valence-electron chi connectivity index (χ3n) is 4.29. The van der Waals surface area contributed by atoms with E-state index in [0.717, 1.165) is 6.42 Å². The van der Waals surface area contributed by atoms with Gasteiger partial charge in [0.15, 0.2) is 5.16 Å². The van der Waals surface area contributed by atoms with Crippen molar-refractivity contribution in [3.63, 3.8) is 0 Å². The molecule has 7 heteroatoms. The number of fused-ring (bicyclic) bond motifs is 1. The number of nitrogens with one attached hydrogen (secondary N) is 1. The molecule has 0 spiro atoms. The van der Waals surface area contributed by atoms with Crippen LogP contribution in [-0.2, 0) is 4.79 Å². The summed E-state index contributed by atoms with van der Waals surface area (Å²) in [4.78, 5) is 29.9. The lowest BCUT2D eigenvalue weighted by molar-refractivity contribution is -0.113. The molecule has 1 amide bonds. The molecular weight excluding hydrogens is 382 g/mol. The number of para-hydroxylation sites is 2. The van der Waals surface area contributed by atoms with Gasteiger partial charge < -0.3 is 5.32 Å². The van der Waals surface area contributed by atoms with E-state index < -0.39 is 0 Å². The van der Waals surface area contributed by atoms with E-state index in [4.69, 9.17) is 11.6 Å². The van der Waals surface area contributed by atoms with Crippen molar-refractivity contribution in [2.45, 2.75) is 31.5 Å². The van der Waals surface area contributed by atoms with Crippen molar-refractivity contribution in [1.82, 2.24) is 9.55 Å². The summed E-state index contributed by atoms with van der Waals surface area (Å²) >= 11 is 7.33. The number of carbonyl (C=O) groups is 1. The lowest BCUT2D eigenvalue weighted by atomic mass is 10.2. The van der Waals surface area contributed by atoms with E-state index in [1.165, 1.54) is 11.8 Å². The van der Waals surface area contributed by atoms with Gasteiger partial charge in [0.05, 0.1) is 27.4 Å². The Morgan fingerprint density at radius 3 is 2.67 bits per heavy atom. The Bertz CT molecular complexity index is 1040. The van der Waals surface area contributed by atoms with Gasteiger partial charge in [-0.15, -0.1) is 0 Å². The molecule has 3 rings (SSSR count). The van der Waals surface area contributed by atoms with Gasteiger partial charge in [-0.2, -0.15) is 0 Å². The first-order valence-electron chi connectivity index (χ1n) is 8.69. The molecule has 5 nitrogen and oxygen atoms in total. The molecule has 0 unspecified atom stereocenters. The van der Waals surface area contributed by atoms with Crippen LogP contribution in [0, 0.1) is 0 Å². The summed E-state index contributed by atoms with van der Waals surface area (Å²) in [5.74, 6) is -0.0712. The first-order valence-corrected chi connectivity index (χ1v) is 10.1. The number of halogens is 1. The molecule has 3 aromatic rings. The molecule has 140 valence electrons. The van der Waals surface area contributed by atoms with Crippen molar-refractivity contribution < 1.29 is 4.79 Å². The minimum Gasteiger partial charge on any atom is -0.324 e. The fraction of sp³-hybridized carbons (Fsp3) is 0.250. The molecular formula is C20H20ClN3O2S. The molecule has 0 aliphatic carbocycles. The number of hydrogen-bond acceptors (Lipinski definition) is 4. The number of benzene rings is 2. The van der Waals surface area contributed by atoms with Crippen LogP contribution in [0.2, 0.25) is 5.02 Å². The molecule has 0 radical (unpaired) electrons. The predicted octanol–water partition coefficient (Wildman–Crippen LogP) is 4.75. The molecule has 1 heterocycles. The van der Waals surface area contributed by atoms with Crippen LogP contribution in [0.15, 0.2) is 58.5 Å². The zero-order chi connectivity index (χ0) is 19.4. The molecule has 0 saturated heterocycles. The Labute approximate surface area is 166 Å². The summed E-state index contributed by atoms with van der Waals surface area (Å²) in [6, 6.07) is 14.3. The number of thioether (sulfide) groups is 1. The van der Waals surface area contributed by atoms with Gasteiger partial charge in [-0.3, -0.25) is 14.2 Å². The molecule has 1 aromatic heterocycles. The number of amides is 1. The average molecular weight is 402 g/mol. The Morgan fingerprint density at radius 1 is 1.22 bits per heavy atom. The first kappa shape index (κ1) is 19.5. The second-order valence-electron chi connectivity index (χ2n) is 6.16. The molecule has 0 fully saturated rings. The zero-order valence-electron chi connectivity index (χ0n) is 15.1. The fourth-order valence-corrected chi connectivity index (χ4v) is 3.76. The number of nitrogens with zero attached hydrogens (tertiary/aromatic N) is 2. The summed E-state index contributed by atoms with van der Waals surface area (Å²) in [6.45, 7) is 4.00. The third-order valence-corrected chi connectivity index (χ3v) is 5.57. The summed E-state index contributed by atoms with van der Waals surface area (Å²) < 4.78 is 1.68. The van der Waals surface area contributed by atoms with Crippen molar-refractivity contribution in [3.05, 3.63) is 63.9 Å². The van der Waals surface area contributed by atoms with Gasteiger partial charge in [-0.25, -0.2) is 4.98 Å². The highest BCUT2D eigenvalue weighted by molar-refractivity contribution is 7.99. The predicted molar refractivity (Wildman–Crippen MR) is 112 cm³/mol. The largest absolute Gasteiger partial charge is 0.324 e. The van der Waals surface area contributed by atoms with Crippen LogP contribution < -0.4 is 10.9 Å². The second-order valence-corrected chi connectivity index (χ2v) is 7.51. The topological polar surface area (TPSA) is 64.0 Å². The van der Waals surface area contributed by atoms with E-state index >= 15 is 0 Å². The summed E-state index contributed by atoms with van der Waals surface area (Å²) in [5, 5.41) is 4.40. The lowest BCUT2D eigenvalue weighted by Gasteiger charge is -2.18. The van der Waals surface area contributed by atoms with Gasteiger partial charge in [0.2, 0.25) is 5.91 Å². The standard InChI is InChI=1S/C20H20ClN3O2S/c1-3-13(2)24-19(26)14-8-4-6-10-16(14)23-20(24)27-12-18(25)22-17-11-7-5-9-15(17)21/h4-11,13H,3,12H2,1-2H3,(H,22,25)/t13-/m0/s1. The van der Waals surface area contributed by atoms with E-state index in [9.17, 15) is 9.59 Å². The van der Waals surface area contributed by atoms with Crippen molar-refractivity contribution in [1.29, 1.82) is 0 Å². The Kier molecular flexibility index (Phi) is 6.19. The van der Waals surface area contributed by atoms with Gasteiger partial charge in [0.1, 0.15) is 0 Å². The molecule has 0 aliphatic heterocycles. The highest BCUT2D eigenvalue weighted by atomic mass is 35.5. The zero-order valence-corrected chi connectivity index (χ0v) is 16.7. The molecule has 27 heavy (non-hydrogen) atoms. The van der Waals surface area contributed by atoms with Crippen LogP contribution in [0.25, 0.3) is 10.9 Å². The molecule has 1 atom stereocenters. The van der Waals surface area contributed by atoms with Crippen molar-refractivity contribution in [3.8, 4) is 0 Å². The lowest BCUT2D eigenvalue weighted by Crippen LogP contribution is -2.26. The van der Waals surface area contributed by atoms with E-state index in [-0.39, 0.29) is 23.3 Å². The average Bonchev–Trinajstić information content (AvgIpc) is 2.68. The van der Waals surface area contributed by atoms with E-state index in [1.54, 1.807) is 34.9 Å². The molecule has 2 aromatic carbocycles. The quantitative estimate of drug-likeness (QED) is 0.478. The molecule has 0 bridgehead atoms. The summed E-state index contributed by atoms with van der Waals surface area (Å²) in [7, 11) is 0. The molecule has 1 N–H and O–H groups in total. The normalized spacial score (nSPS) is 12.1. The second kappa shape index (κ2) is 8.59. The van der Waals surface area contributed by atoms with Gasteiger partial charge in [0, 0.05) is 6.04 Å². The first-order chi connectivity index (χ1) is 13.0. The van der Waals surface area contributed by atoms with Crippen LogP contribution in [0.1, 0.15) is 26.3 Å². The van der Waals surface area contributed by atoms with Crippen LogP contribution >= 0.6 is 23.4 Å². The summed E-state index contributed by atoms with van der Waals surface area (Å²) in [5.41, 5.74) is 1.12. The number of hydrogen-bond donors (Lipinski definition) is 1. The molecule has 0 saturated carbocycles. The van der Waals surface area contributed by atoms with E-state index in [2.05, 4.69) is 10.3 Å². The SMILES string of the molecule is CC[C@H](C)n1c(SCC(=O)Nc2ccccc2Cl)nc2ccccc2c1=O. The maximum Gasteiger partial charge on any atom is 0.262 e. The Morgan fingerprint density at radius 2 is 1.93 bits per heavy atom. The van der Waals surface area contributed by atoms with Gasteiger partial charge in [0.25, 0.3) is 5.56 Å². The summed E-state index contributed by atoms with van der Waals surface area (Å²) in [6.07, 6.45) is 0.791. The Balaban J connectivity index is 1.86. The minimum absolute atomic E-state index is 0.0104. The highest BCUT2D eigenvalue weighted by Gasteiger charge is 2.16. The van der Waals surface area contributed by atoms with Crippen molar-refractivity contribution in [2.24, 2.45) is 0 Å². The van der Waals surface area contributed by atoms with Crippen LogP contribution in [-0.4, -0.2) is 21.2 Å². The maximum atomic E-state index is 12.9. The fourth-order valence-electron chi connectivity index (χ4n) is 2.68. The molecule has 0 aliphatic rings. The van der Waals surface area contributed by atoms with Crippen molar-refractivity contribution in [2.75, 3.05) is 11.1 Å². The van der Waals surface area contributed by atoms with Gasteiger partial charge in [-0.05, 0) is 37.6 Å². The van der Waals surface area contributed by atoms with Gasteiger partial charge in [-0.1, -0.05) is 54.6 Å². The number of carbonyl (C=O) groups excluding carboxylic acids is 1. The van der Waals surface area contributed by atoms with Crippen LogP contribution in [0.3, 0.4) is 0 Å². The van der Waals surface area contributed by atoms with Gasteiger partial charge >= 0.3 is 0 Å². The smallest absolute Gasteiger partial charge is 0.262 e. The van der Waals surface area contributed by atoms with E-state index in [1.807, 2.05) is 32.0 Å². The number of aromatic nitrogens is 2. The Hall–Kier alpha value is -2.31. The van der Waals surface area contributed by atoms with Crippen LogP contribution in [0.5, 0.6) is 0 Å². The maximum absolute atomic E-state index is 12.9. The number of rotatable bonds is 6. The monoisotopic (exact) mass is 401 g/mol. The number of anilines is 1. The third kappa shape index (κ3) is 4.34. The minimum atomic E-state index is -0.203. The van der Waals surface area contributed by atoms with E-state index in [0.29, 0.717) is 26.8 Å². The highest BCUT2D eigenvalue weighted by Crippen LogP contribution is 2.24. The van der Waals surface area contributed by atoms with Crippen molar-refractivity contribution >= 4 is 45.9 Å². The van der Waals surface area contributed by atoms with Crippen LogP contribution in [0.4, 0.5) is 5.69 Å².